The standard InChI is InChI=1S/C6H13O3/c7-4-1-2-6(9)3-5-8/h3,6-9H,1-2,4-5H2. The molecule has 55 valence electrons. The van der Waals surface area contributed by atoms with Crippen LogP contribution in [-0.4, -0.2) is 34.6 Å². The molecule has 3 nitrogen and oxygen atoms in total. The lowest BCUT2D eigenvalue weighted by atomic mass is 10.1. The maximum absolute atomic E-state index is 8.85. The molecule has 1 atom stereocenters. The number of aliphatic hydroxyl groups excluding tert-OH is 3. The normalized spacial score (nSPS) is 13.7. The third-order valence-corrected chi connectivity index (χ3v) is 1.04. The van der Waals surface area contributed by atoms with Crippen LogP contribution in [0.25, 0.3) is 0 Å². The average Bonchev–Trinajstić information content (AvgIpc) is 1.85. The van der Waals surface area contributed by atoms with E-state index in [9.17, 15) is 0 Å². The highest BCUT2D eigenvalue weighted by atomic mass is 16.3. The number of hydrogen-bond donors (Lipinski definition) is 3. The van der Waals surface area contributed by atoms with Crippen LogP contribution in [-0.2, 0) is 0 Å². The van der Waals surface area contributed by atoms with Gasteiger partial charge in [-0.2, -0.15) is 0 Å². The van der Waals surface area contributed by atoms with Crippen molar-refractivity contribution in [3.05, 3.63) is 6.42 Å². The second-order valence-corrected chi connectivity index (χ2v) is 1.85. The maximum Gasteiger partial charge on any atom is 0.0595 e. The van der Waals surface area contributed by atoms with E-state index in [1.807, 2.05) is 0 Å². The first-order valence-corrected chi connectivity index (χ1v) is 3.04. The van der Waals surface area contributed by atoms with Crippen LogP contribution in [0.4, 0.5) is 0 Å². The first kappa shape index (κ1) is 8.88. The molecule has 0 aliphatic rings. The fourth-order valence-electron chi connectivity index (χ4n) is 0.540. The first-order valence-electron chi connectivity index (χ1n) is 3.04. The van der Waals surface area contributed by atoms with Gasteiger partial charge in [-0.1, -0.05) is 0 Å². The molecule has 0 saturated heterocycles. The van der Waals surface area contributed by atoms with Gasteiger partial charge in [0.15, 0.2) is 0 Å². The fraction of sp³-hybridized carbons (Fsp3) is 0.833. The Balaban J connectivity index is 2.95. The molecule has 1 radical (unpaired) electrons. The Morgan fingerprint density at radius 1 is 1.33 bits per heavy atom. The third kappa shape index (κ3) is 5.76. The third-order valence-electron chi connectivity index (χ3n) is 1.04. The van der Waals surface area contributed by atoms with E-state index < -0.39 is 6.10 Å². The number of rotatable bonds is 5. The van der Waals surface area contributed by atoms with Gasteiger partial charge < -0.3 is 15.3 Å². The molecule has 3 heteroatoms. The minimum Gasteiger partial charge on any atom is -0.396 e. The molecule has 0 amide bonds. The van der Waals surface area contributed by atoms with E-state index >= 15 is 0 Å². The monoisotopic (exact) mass is 133 g/mol. The van der Waals surface area contributed by atoms with Gasteiger partial charge in [0, 0.05) is 19.6 Å². The van der Waals surface area contributed by atoms with Gasteiger partial charge in [0.25, 0.3) is 0 Å². The molecule has 3 N–H and O–H groups in total. The summed E-state index contributed by atoms with van der Waals surface area (Å²) >= 11 is 0. The largest absolute Gasteiger partial charge is 0.396 e. The number of aliphatic hydroxyl groups is 3. The molecular weight excluding hydrogens is 120 g/mol. The second-order valence-electron chi connectivity index (χ2n) is 1.85. The van der Waals surface area contributed by atoms with Crippen molar-refractivity contribution in [1.29, 1.82) is 0 Å². The molecule has 0 saturated carbocycles. The van der Waals surface area contributed by atoms with Crippen molar-refractivity contribution in [2.45, 2.75) is 18.9 Å². The minimum absolute atomic E-state index is 0.0936. The van der Waals surface area contributed by atoms with E-state index in [2.05, 4.69) is 0 Å². The highest BCUT2D eigenvalue weighted by molar-refractivity contribution is 4.73. The van der Waals surface area contributed by atoms with E-state index in [0.29, 0.717) is 12.8 Å². The lowest BCUT2D eigenvalue weighted by Crippen LogP contribution is -2.09. The van der Waals surface area contributed by atoms with Crippen LogP contribution in [0.3, 0.4) is 0 Å². The van der Waals surface area contributed by atoms with Gasteiger partial charge in [-0.3, -0.25) is 0 Å². The predicted octanol–water partition coefficient (Wildman–Crippen LogP) is -0.684. The summed E-state index contributed by atoms with van der Waals surface area (Å²) in [4.78, 5) is 0. The molecule has 0 heterocycles. The molecule has 0 fully saturated rings. The van der Waals surface area contributed by atoms with Gasteiger partial charge in [0.05, 0.1) is 6.10 Å². The molecule has 1 unspecified atom stereocenters. The average molecular weight is 133 g/mol. The first-order chi connectivity index (χ1) is 4.31. The minimum atomic E-state index is -0.567. The van der Waals surface area contributed by atoms with Crippen molar-refractivity contribution in [2.75, 3.05) is 13.2 Å². The zero-order valence-corrected chi connectivity index (χ0v) is 5.32. The number of hydrogen-bond acceptors (Lipinski definition) is 3. The van der Waals surface area contributed by atoms with Crippen LogP contribution < -0.4 is 0 Å². The van der Waals surface area contributed by atoms with E-state index in [1.54, 1.807) is 0 Å². The summed E-state index contributed by atoms with van der Waals surface area (Å²) in [6, 6.07) is 0. The van der Waals surface area contributed by atoms with Gasteiger partial charge in [-0.15, -0.1) is 0 Å². The summed E-state index contributed by atoms with van der Waals surface area (Å²) in [5.74, 6) is 0. The van der Waals surface area contributed by atoms with Crippen LogP contribution in [0.5, 0.6) is 0 Å². The SMILES string of the molecule is OC[CH]C(O)CCCO. The summed E-state index contributed by atoms with van der Waals surface area (Å²) in [6.45, 7) is -0.0110. The summed E-state index contributed by atoms with van der Waals surface area (Å²) in [6.07, 6.45) is 1.94. The van der Waals surface area contributed by atoms with E-state index in [0.717, 1.165) is 0 Å². The molecule has 0 bridgehead atoms. The van der Waals surface area contributed by atoms with E-state index in [1.165, 1.54) is 6.42 Å². The van der Waals surface area contributed by atoms with Gasteiger partial charge in [-0.05, 0) is 12.8 Å². The molecule has 9 heavy (non-hydrogen) atoms. The Morgan fingerprint density at radius 2 is 2.00 bits per heavy atom. The van der Waals surface area contributed by atoms with Crippen LogP contribution in [0.15, 0.2) is 0 Å². The van der Waals surface area contributed by atoms with Crippen molar-refractivity contribution < 1.29 is 15.3 Å². The quantitative estimate of drug-likeness (QED) is 0.465. The summed E-state index contributed by atoms with van der Waals surface area (Å²) in [5, 5.41) is 25.4. The maximum atomic E-state index is 8.85. The highest BCUT2D eigenvalue weighted by Gasteiger charge is 2.00. The Morgan fingerprint density at radius 3 is 2.44 bits per heavy atom. The molecule has 0 aromatic rings. The zero-order valence-electron chi connectivity index (χ0n) is 5.32. The van der Waals surface area contributed by atoms with Gasteiger partial charge >= 0.3 is 0 Å². The summed E-state index contributed by atoms with van der Waals surface area (Å²) in [5.41, 5.74) is 0. The van der Waals surface area contributed by atoms with E-state index in [-0.39, 0.29) is 13.2 Å². The molecule has 0 aliphatic carbocycles. The predicted molar refractivity (Wildman–Crippen MR) is 33.7 cm³/mol. The van der Waals surface area contributed by atoms with Crippen LogP contribution in [0.1, 0.15) is 12.8 Å². The molecule has 0 spiro atoms. The highest BCUT2D eigenvalue weighted by Crippen LogP contribution is 1.98. The van der Waals surface area contributed by atoms with Crippen LogP contribution >= 0.6 is 0 Å². The van der Waals surface area contributed by atoms with Gasteiger partial charge in [-0.25, -0.2) is 0 Å². The van der Waals surface area contributed by atoms with Crippen molar-refractivity contribution in [1.82, 2.24) is 0 Å². The Bertz CT molecular complexity index is 56.3. The zero-order chi connectivity index (χ0) is 7.11. The second kappa shape index (κ2) is 6.01. The molecule has 0 rings (SSSR count). The van der Waals surface area contributed by atoms with Gasteiger partial charge in [0.1, 0.15) is 0 Å². The van der Waals surface area contributed by atoms with Gasteiger partial charge in [0.2, 0.25) is 0 Å². The summed E-state index contributed by atoms with van der Waals surface area (Å²) in [7, 11) is 0. The lowest BCUT2D eigenvalue weighted by Gasteiger charge is -2.05. The smallest absolute Gasteiger partial charge is 0.0595 e. The van der Waals surface area contributed by atoms with Crippen LogP contribution in [0.2, 0.25) is 0 Å². The Kier molecular flexibility index (Phi) is 5.93. The van der Waals surface area contributed by atoms with Crippen molar-refractivity contribution in [3.63, 3.8) is 0 Å². The van der Waals surface area contributed by atoms with Crippen molar-refractivity contribution >= 4 is 0 Å². The fourth-order valence-corrected chi connectivity index (χ4v) is 0.540. The molecule has 0 aliphatic heterocycles. The summed E-state index contributed by atoms with van der Waals surface area (Å²) < 4.78 is 0. The molecule has 0 aromatic carbocycles. The lowest BCUT2D eigenvalue weighted by molar-refractivity contribution is 0.159. The van der Waals surface area contributed by atoms with E-state index in [4.69, 9.17) is 15.3 Å². The Labute approximate surface area is 54.9 Å². The van der Waals surface area contributed by atoms with Crippen LogP contribution in [0, 0.1) is 6.42 Å². The topological polar surface area (TPSA) is 60.7 Å². The van der Waals surface area contributed by atoms with Crippen molar-refractivity contribution in [2.24, 2.45) is 0 Å². The Hall–Kier alpha value is -0.120. The van der Waals surface area contributed by atoms with Crippen molar-refractivity contribution in [3.8, 4) is 0 Å². The molecular formula is C6H13O3. The molecule has 0 aromatic heterocycles.